The van der Waals surface area contributed by atoms with Crippen molar-refractivity contribution in [2.24, 2.45) is 0 Å². The molecular formula is C25H28N4O4. The molecule has 172 valence electrons. The Morgan fingerprint density at radius 2 is 1.70 bits per heavy atom. The van der Waals surface area contributed by atoms with Gasteiger partial charge in [-0.2, -0.15) is 0 Å². The van der Waals surface area contributed by atoms with Gasteiger partial charge in [0.15, 0.2) is 5.78 Å². The van der Waals surface area contributed by atoms with Crippen molar-refractivity contribution in [3.8, 4) is 0 Å². The van der Waals surface area contributed by atoms with Crippen LogP contribution in [-0.2, 0) is 4.79 Å². The summed E-state index contributed by atoms with van der Waals surface area (Å²) >= 11 is 0. The Bertz CT molecular complexity index is 1090. The third kappa shape index (κ3) is 4.60. The van der Waals surface area contributed by atoms with E-state index in [0.29, 0.717) is 24.3 Å². The van der Waals surface area contributed by atoms with Gasteiger partial charge >= 0.3 is 12.1 Å². The van der Waals surface area contributed by atoms with Crippen LogP contribution in [0, 0.1) is 6.92 Å². The van der Waals surface area contributed by atoms with Crippen LogP contribution in [0.15, 0.2) is 48.5 Å². The normalized spacial score (nSPS) is 19.0. The molecule has 0 saturated carbocycles. The predicted molar refractivity (Wildman–Crippen MR) is 125 cm³/mol. The molecule has 0 spiro atoms. The van der Waals surface area contributed by atoms with Crippen LogP contribution in [0.1, 0.15) is 42.1 Å². The van der Waals surface area contributed by atoms with Crippen LogP contribution in [-0.4, -0.2) is 59.2 Å². The van der Waals surface area contributed by atoms with Gasteiger partial charge in [-0.05, 0) is 56.5 Å². The van der Waals surface area contributed by atoms with E-state index >= 15 is 0 Å². The third-order valence-electron chi connectivity index (χ3n) is 6.17. The highest BCUT2D eigenvalue weighted by Gasteiger charge is 2.39. The van der Waals surface area contributed by atoms with Crippen LogP contribution >= 0.6 is 0 Å². The fraction of sp³-hybridized carbons (Fsp3) is 0.360. The van der Waals surface area contributed by atoms with Crippen molar-refractivity contribution in [3.63, 3.8) is 0 Å². The number of aryl methyl sites for hydroxylation is 1. The van der Waals surface area contributed by atoms with Gasteiger partial charge in [-0.25, -0.2) is 14.5 Å². The highest BCUT2D eigenvalue weighted by Crippen LogP contribution is 2.28. The molecule has 1 unspecified atom stereocenters. The summed E-state index contributed by atoms with van der Waals surface area (Å²) in [5.41, 5.74) is 2.16. The quantitative estimate of drug-likeness (QED) is 0.713. The average Bonchev–Trinajstić information content (AvgIpc) is 3.34. The zero-order chi connectivity index (χ0) is 23.5. The molecule has 0 bridgehead atoms. The first-order chi connectivity index (χ1) is 15.9. The molecule has 33 heavy (non-hydrogen) atoms. The van der Waals surface area contributed by atoms with Gasteiger partial charge in [0.1, 0.15) is 6.04 Å². The number of carbonyl (C=O) groups excluding carboxylic acids is 4. The number of carbonyl (C=O) groups is 4. The second-order valence-electron chi connectivity index (χ2n) is 8.51. The van der Waals surface area contributed by atoms with E-state index in [-0.39, 0.29) is 24.4 Å². The predicted octanol–water partition coefficient (Wildman–Crippen LogP) is 4.05. The first-order valence-corrected chi connectivity index (χ1v) is 11.3. The van der Waals surface area contributed by atoms with Gasteiger partial charge in [0.05, 0.1) is 5.69 Å². The van der Waals surface area contributed by atoms with Crippen molar-refractivity contribution in [1.29, 1.82) is 0 Å². The van der Waals surface area contributed by atoms with Crippen LogP contribution < -0.4 is 10.2 Å². The molecule has 1 N–H and O–H groups in total. The minimum Gasteiger partial charge on any atom is -0.324 e. The highest BCUT2D eigenvalue weighted by molar-refractivity contribution is 6.20. The number of Topliss-reactive ketones (excluding diaryl/α,β-unsaturated/α-hetero) is 1. The topological polar surface area (TPSA) is 90.0 Å². The first kappa shape index (κ1) is 22.5. The SMILES string of the molecule is Cc1cccc(NC(=O)N2CCC(=O)c3ccccc3N(C(=O)N3CCCC3)C(=O)C2C)c1. The number of urea groups is 2. The number of amides is 5. The van der Waals surface area contributed by atoms with Gasteiger partial charge in [0.2, 0.25) is 0 Å². The lowest BCUT2D eigenvalue weighted by molar-refractivity contribution is -0.121. The summed E-state index contributed by atoms with van der Waals surface area (Å²) in [6, 6.07) is 12.1. The molecule has 2 aliphatic heterocycles. The molecule has 0 radical (unpaired) electrons. The van der Waals surface area contributed by atoms with Crippen molar-refractivity contribution in [2.75, 3.05) is 29.9 Å². The van der Waals surface area contributed by atoms with E-state index in [9.17, 15) is 19.2 Å². The molecule has 2 aromatic carbocycles. The zero-order valence-corrected chi connectivity index (χ0v) is 18.9. The zero-order valence-electron chi connectivity index (χ0n) is 18.9. The lowest BCUT2D eigenvalue weighted by atomic mass is 10.1. The van der Waals surface area contributed by atoms with Gasteiger partial charge in [-0.3, -0.25) is 9.59 Å². The summed E-state index contributed by atoms with van der Waals surface area (Å²) in [7, 11) is 0. The van der Waals surface area contributed by atoms with E-state index in [1.165, 1.54) is 4.90 Å². The number of hydrogen-bond acceptors (Lipinski definition) is 4. The fourth-order valence-electron chi connectivity index (χ4n) is 4.34. The highest BCUT2D eigenvalue weighted by atomic mass is 16.2. The molecule has 1 saturated heterocycles. The number of imide groups is 1. The van der Waals surface area contributed by atoms with Crippen molar-refractivity contribution < 1.29 is 19.2 Å². The number of hydrogen-bond donors (Lipinski definition) is 1. The molecule has 5 amide bonds. The summed E-state index contributed by atoms with van der Waals surface area (Å²) in [5, 5.41) is 2.82. The number of para-hydroxylation sites is 1. The molecule has 0 aliphatic carbocycles. The largest absolute Gasteiger partial charge is 0.331 e. The van der Waals surface area contributed by atoms with Crippen molar-refractivity contribution >= 4 is 35.1 Å². The third-order valence-corrected chi connectivity index (χ3v) is 6.17. The minimum atomic E-state index is -0.944. The fourth-order valence-corrected chi connectivity index (χ4v) is 4.34. The maximum atomic E-state index is 13.7. The van der Waals surface area contributed by atoms with Crippen molar-refractivity contribution in [1.82, 2.24) is 9.80 Å². The molecule has 1 fully saturated rings. The molecule has 0 aromatic heterocycles. The molecule has 2 aliphatic rings. The van der Waals surface area contributed by atoms with E-state index in [0.717, 1.165) is 23.3 Å². The smallest absolute Gasteiger partial charge is 0.324 e. The Morgan fingerprint density at radius 3 is 2.42 bits per heavy atom. The second-order valence-corrected chi connectivity index (χ2v) is 8.51. The van der Waals surface area contributed by atoms with Crippen LogP contribution in [0.3, 0.4) is 0 Å². The maximum Gasteiger partial charge on any atom is 0.331 e. The van der Waals surface area contributed by atoms with Gasteiger partial charge in [-0.1, -0.05) is 24.3 Å². The van der Waals surface area contributed by atoms with Gasteiger partial charge in [0.25, 0.3) is 5.91 Å². The Hall–Kier alpha value is -3.68. The van der Waals surface area contributed by atoms with Gasteiger partial charge in [-0.15, -0.1) is 0 Å². The molecule has 8 nitrogen and oxygen atoms in total. The molecule has 2 heterocycles. The van der Waals surface area contributed by atoms with Crippen LogP contribution in [0.5, 0.6) is 0 Å². The monoisotopic (exact) mass is 448 g/mol. The summed E-state index contributed by atoms with van der Waals surface area (Å²) < 4.78 is 0. The molecule has 2 aromatic rings. The lowest BCUT2D eigenvalue weighted by Gasteiger charge is -2.33. The van der Waals surface area contributed by atoms with Crippen molar-refractivity contribution in [3.05, 3.63) is 59.7 Å². The van der Waals surface area contributed by atoms with Gasteiger partial charge in [0, 0.05) is 37.3 Å². The Kier molecular flexibility index (Phi) is 6.44. The summed E-state index contributed by atoms with van der Waals surface area (Å²) in [4.78, 5) is 57.4. The van der Waals surface area contributed by atoms with Crippen LogP contribution in [0.2, 0.25) is 0 Å². The molecular weight excluding hydrogens is 420 g/mol. The van der Waals surface area contributed by atoms with E-state index in [2.05, 4.69) is 5.32 Å². The van der Waals surface area contributed by atoms with Gasteiger partial charge < -0.3 is 15.1 Å². The maximum absolute atomic E-state index is 13.7. The lowest BCUT2D eigenvalue weighted by Crippen LogP contribution is -2.55. The van der Waals surface area contributed by atoms with Crippen LogP contribution in [0.4, 0.5) is 21.0 Å². The number of likely N-dealkylation sites (tertiary alicyclic amines) is 1. The van der Waals surface area contributed by atoms with Crippen LogP contribution in [0.25, 0.3) is 0 Å². The van der Waals surface area contributed by atoms with E-state index in [1.54, 1.807) is 42.2 Å². The molecule has 8 heteroatoms. The average molecular weight is 449 g/mol. The van der Waals surface area contributed by atoms with E-state index in [4.69, 9.17) is 0 Å². The Labute approximate surface area is 193 Å². The Balaban J connectivity index is 1.69. The van der Waals surface area contributed by atoms with E-state index in [1.807, 2.05) is 25.1 Å². The summed E-state index contributed by atoms with van der Waals surface area (Å²) in [6.45, 7) is 4.69. The molecule has 1 atom stereocenters. The Morgan fingerprint density at radius 1 is 0.970 bits per heavy atom. The molecule has 4 rings (SSSR count). The minimum absolute atomic E-state index is 0.0433. The number of benzene rings is 2. The number of nitrogens with zero attached hydrogens (tertiary/aromatic N) is 3. The van der Waals surface area contributed by atoms with Crippen molar-refractivity contribution in [2.45, 2.75) is 39.2 Å². The number of rotatable bonds is 1. The standard InChI is InChI=1S/C25H28N4O4/c1-17-8-7-9-19(16-17)26-24(32)28-15-12-22(30)20-10-3-4-11-21(20)29(23(31)18(28)2)25(33)27-13-5-6-14-27/h3-4,7-11,16,18H,5-6,12-15H2,1-2H3,(H,26,32). The second kappa shape index (κ2) is 9.44. The number of fused-ring (bicyclic) bond motifs is 1. The van der Waals surface area contributed by atoms with E-state index < -0.39 is 24.0 Å². The number of ketones is 1. The number of nitrogens with one attached hydrogen (secondary N) is 1. The number of anilines is 2. The first-order valence-electron chi connectivity index (χ1n) is 11.3. The summed E-state index contributed by atoms with van der Waals surface area (Å²) in [5.74, 6) is -0.756. The summed E-state index contributed by atoms with van der Waals surface area (Å²) in [6.07, 6.45) is 1.78.